The lowest BCUT2D eigenvalue weighted by atomic mass is 9.86. The van der Waals surface area contributed by atoms with E-state index < -0.39 is 0 Å². The van der Waals surface area contributed by atoms with Crippen LogP contribution < -0.4 is 14.9 Å². The highest BCUT2D eigenvalue weighted by molar-refractivity contribution is 5.90. The zero-order valence-corrected chi connectivity index (χ0v) is 19.3. The Bertz CT molecular complexity index is 940. The molecule has 0 aliphatic carbocycles. The van der Waals surface area contributed by atoms with Crippen LogP contribution in [0.2, 0.25) is 0 Å². The third-order valence-corrected chi connectivity index (χ3v) is 6.37. The van der Waals surface area contributed by atoms with Gasteiger partial charge in [0, 0.05) is 31.1 Å². The van der Waals surface area contributed by atoms with Crippen LogP contribution in [0, 0.1) is 19.8 Å². The Balaban J connectivity index is 1.51. The van der Waals surface area contributed by atoms with Crippen LogP contribution in [0.5, 0.6) is 11.5 Å². The predicted molar refractivity (Wildman–Crippen MR) is 126 cm³/mol. The Morgan fingerprint density at radius 3 is 2.74 bits per heavy atom. The second kappa shape index (κ2) is 9.73. The van der Waals surface area contributed by atoms with E-state index in [-0.39, 0.29) is 6.04 Å². The maximum Gasteiger partial charge on any atom is 0.161 e. The summed E-state index contributed by atoms with van der Waals surface area (Å²) in [5.74, 6) is 2.03. The maximum atomic E-state index is 6.20. The molecule has 2 heterocycles. The monoisotopic (exact) mass is 421 g/mol. The van der Waals surface area contributed by atoms with Gasteiger partial charge in [0.25, 0.3) is 0 Å². The summed E-state index contributed by atoms with van der Waals surface area (Å²) in [7, 11) is 0. The quantitative estimate of drug-likeness (QED) is 0.651. The summed E-state index contributed by atoms with van der Waals surface area (Å²) in [6, 6.07) is 13.0. The number of ether oxygens (including phenoxy) is 2. The molecule has 5 nitrogen and oxygen atoms in total. The van der Waals surface area contributed by atoms with E-state index in [0.717, 1.165) is 37.6 Å². The molecule has 2 aliphatic heterocycles. The topological polar surface area (TPSA) is 46.1 Å². The van der Waals surface area contributed by atoms with Crippen LogP contribution in [0.25, 0.3) is 0 Å². The van der Waals surface area contributed by atoms with Gasteiger partial charge in [-0.1, -0.05) is 36.8 Å². The van der Waals surface area contributed by atoms with Crippen molar-refractivity contribution in [2.75, 3.05) is 26.2 Å². The highest BCUT2D eigenvalue weighted by Crippen LogP contribution is 2.37. The van der Waals surface area contributed by atoms with Gasteiger partial charge in [-0.3, -0.25) is 0 Å². The molecule has 2 atom stereocenters. The van der Waals surface area contributed by atoms with Crippen molar-refractivity contribution in [3.05, 3.63) is 58.7 Å². The molecule has 2 unspecified atom stereocenters. The second-order valence-electron chi connectivity index (χ2n) is 8.72. The zero-order chi connectivity index (χ0) is 21.8. The number of hydrogen-bond donors (Lipinski definition) is 1. The average Bonchev–Trinajstić information content (AvgIpc) is 3.19. The van der Waals surface area contributed by atoms with Crippen molar-refractivity contribution < 1.29 is 9.47 Å². The number of aryl methyl sites for hydroxylation is 2. The number of fused-ring (bicyclic) bond motifs is 1. The number of hydrogen-bond acceptors (Lipinski definition) is 5. The van der Waals surface area contributed by atoms with E-state index >= 15 is 0 Å². The van der Waals surface area contributed by atoms with Gasteiger partial charge in [0.1, 0.15) is 6.61 Å². The maximum absolute atomic E-state index is 6.20. The minimum Gasteiger partial charge on any atom is -0.490 e. The van der Waals surface area contributed by atoms with Crippen LogP contribution in [-0.4, -0.2) is 36.9 Å². The number of benzene rings is 2. The summed E-state index contributed by atoms with van der Waals surface area (Å²) in [5.41, 5.74) is 9.63. The van der Waals surface area contributed by atoms with Gasteiger partial charge >= 0.3 is 0 Å². The first kappa shape index (κ1) is 21.7. The molecule has 0 aromatic heterocycles. The van der Waals surface area contributed by atoms with Crippen LogP contribution in [-0.2, 0) is 6.61 Å². The van der Waals surface area contributed by atoms with Crippen molar-refractivity contribution in [3.8, 4) is 11.5 Å². The normalized spacial score (nSPS) is 20.7. The number of hydrazone groups is 1. The minimum atomic E-state index is 0.196. The molecular weight excluding hydrogens is 386 g/mol. The summed E-state index contributed by atoms with van der Waals surface area (Å²) in [5, 5.41) is 4.67. The van der Waals surface area contributed by atoms with E-state index in [1.807, 2.05) is 6.92 Å². The lowest BCUT2D eigenvalue weighted by Crippen LogP contribution is -2.42. The molecule has 1 N–H and O–H groups in total. The molecule has 0 spiro atoms. The highest BCUT2D eigenvalue weighted by Gasteiger charge is 2.37. The van der Waals surface area contributed by atoms with Crippen LogP contribution in [0.4, 0.5) is 0 Å². The van der Waals surface area contributed by atoms with Gasteiger partial charge in [0.05, 0.1) is 12.6 Å². The highest BCUT2D eigenvalue weighted by atomic mass is 16.5. The molecule has 166 valence electrons. The molecular formula is C26H35N3O2. The third-order valence-electron chi connectivity index (χ3n) is 6.37. The molecule has 5 heteroatoms. The summed E-state index contributed by atoms with van der Waals surface area (Å²) in [6.45, 7) is 13.0. The van der Waals surface area contributed by atoms with E-state index in [1.165, 1.54) is 34.4 Å². The van der Waals surface area contributed by atoms with Crippen LogP contribution in [0.1, 0.15) is 55.0 Å². The van der Waals surface area contributed by atoms with Crippen molar-refractivity contribution in [2.45, 2.75) is 53.2 Å². The van der Waals surface area contributed by atoms with Crippen molar-refractivity contribution in [1.29, 1.82) is 0 Å². The van der Waals surface area contributed by atoms with E-state index in [4.69, 9.17) is 9.47 Å². The molecule has 0 amide bonds. The summed E-state index contributed by atoms with van der Waals surface area (Å²) < 4.78 is 12.2. The first-order valence-corrected chi connectivity index (χ1v) is 11.6. The van der Waals surface area contributed by atoms with Gasteiger partial charge in [-0.15, -0.1) is 0 Å². The summed E-state index contributed by atoms with van der Waals surface area (Å²) >= 11 is 0. The lowest BCUT2D eigenvalue weighted by molar-refractivity contribution is 0.227. The van der Waals surface area contributed by atoms with Gasteiger partial charge in [-0.05, 0) is 62.6 Å². The van der Waals surface area contributed by atoms with Crippen molar-refractivity contribution in [2.24, 2.45) is 11.0 Å². The van der Waals surface area contributed by atoms with Gasteiger partial charge in [0.15, 0.2) is 11.5 Å². The van der Waals surface area contributed by atoms with Gasteiger partial charge in [-0.25, -0.2) is 0 Å². The smallest absolute Gasteiger partial charge is 0.161 e. The van der Waals surface area contributed by atoms with E-state index in [9.17, 15) is 0 Å². The van der Waals surface area contributed by atoms with E-state index in [1.54, 1.807) is 0 Å². The van der Waals surface area contributed by atoms with Gasteiger partial charge in [0.2, 0.25) is 0 Å². The van der Waals surface area contributed by atoms with Crippen LogP contribution in [0.15, 0.2) is 41.5 Å². The molecule has 31 heavy (non-hydrogen) atoms. The number of nitrogens with zero attached hydrogens (tertiary/aromatic N) is 2. The third kappa shape index (κ3) is 4.87. The Morgan fingerprint density at radius 2 is 1.94 bits per heavy atom. The molecule has 0 radical (unpaired) electrons. The zero-order valence-electron chi connectivity index (χ0n) is 19.3. The Labute approximate surface area is 186 Å². The Kier molecular flexibility index (Phi) is 6.81. The van der Waals surface area contributed by atoms with Crippen molar-refractivity contribution in [3.63, 3.8) is 0 Å². The predicted octanol–water partition coefficient (Wildman–Crippen LogP) is 5.01. The van der Waals surface area contributed by atoms with E-state index in [2.05, 4.69) is 72.6 Å². The molecule has 1 fully saturated rings. The first-order chi connectivity index (χ1) is 15.1. The SMILES string of the molecule is CCCN1CCC2=NNC(c3ccc(OCc4cc(C)ccc4C)c(OCC)c3)C2C1. The van der Waals surface area contributed by atoms with Gasteiger partial charge < -0.3 is 19.8 Å². The van der Waals surface area contributed by atoms with Crippen molar-refractivity contribution >= 4 is 5.71 Å². The first-order valence-electron chi connectivity index (χ1n) is 11.6. The lowest BCUT2D eigenvalue weighted by Gasteiger charge is -2.33. The minimum absolute atomic E-state index is 0.196. The fourth-order valence-corrected chi connectivity index (χ4v) is 4.65. The summed E-state index contributed by atoms with van der Waals surface area (Å²) in [6.07, 6.45) is 2.25. The molecule has 2 aliphatic rings. The Morgan fingerprint density at radius 1 is 1.06 bits per heavy atom. The molecule has 0 saturated carbocycles. The van der Waals surface area contributed by atoms with Crippen molar-refractivity contribution in [1.82, 2.24) is 10.3 Å². The van der Waals surface area contributed by atoms with Crippen LogP contribution >= 0.6 is 0 Å². The molecule has 2 aromatic rings. The van der Waals surface area contributed by atoms with E-state index in [0.29, 0.717) is 19.1 Å². The summed E-state index contributed by atoms with van der Waals surface area (Å²) in [4.78, 5) is 2.56. The fourth-order valence-electron chi connectivity index (χ4n) is 4.65. The van der Waals surface area contributed by atoms with Crippen LogP contribution in [0.3, 0.4) is 0 Å². The second-order valence-corrected chi connectivity index (χ2v) is 8.72. The number of piperidine rings is 1. The average molecular weight is 422 g/mol. The van der Waals surface area contributed by atoms with Gasteiger partial charge in [-0.2, -0.15) is 5.10 Å². The largest absolute Gasteiger partial charge is 0.490 e. The molecule has 1 saturated heterocycles. The number of rotatable bonds is 8. The molecule has 0 bridgehead atoms. The number of nitrogens with one attached hydrogen (secondary N) is 1. The number of likely N-dealkylation sites (tertiary alicyclic amines) is 1. The standard InChI is InChI=1S/C26H35N3O2/c1-5-12-29-13-11-23-22(16-29)26(28-27-23)20-9-10-24(25(15-20)30-6-2)31-17-21-14-18(3)7-8-19(21)4/h7-10,14-15,22,26,28H,5-6,11-13,16-17H2,1-4H3. The fraction of sp³-hybridized carbons (Fsp3) is 0.500. The molecule has 4 rings (SSSR count). The molecule has 2 aromatic carbocycles. The Hall–Kier alpha value is -2.53.